The second kappa shape index (κ2) is 15.7. The molecule has 12 heteroatoms. The second-order valence-electron chi connectivity index (χ2n) is 14.2. The van der Waals surface area contributed by atoms with E-state index in [1.807, 2.05) is 18.7 Å². The molecule has 3 amide bonds. The summed E-state index contributed by atoms with van der Waals surface area (Å²) < 4.78 is 20.5. The number of nitrogens with zero attached hydrogens (tertiary/aromatic N) is 4. The van der Waals surface area contributed by atoms with Crippen molar-refractivity contribution in [3.63, 3.8) is 0 Å². The molecule has 2 saturated carbocycles. The van der Waals surface area contributed by atoms with E-state index < -0.39 is 29.7 Å². The van der Waals surface area contributed by atoms with Gasteiger partial charge in [-0.05, 0) is 86.8 Å². The number of carbonyl (C=O) groups is 3. The first-order valence-electron chi connectivity index (χ1n) is 17.5. The predicted molar refractivity (Wildman–Crippen MR) is 177 cm³/mol. The van der Waals surface area contributed by atoms with Crippen molar-refractivity contribution in [2.24, 2.45) is 17.8 Å². The number of aromatic nitrogens is 2. The van der Waals surface area contributed by atoms with Gasteiger partial charge in [-0.3, -0.25) is 14.4 Å². The first-order chi connectivity index (χ1) is 22.5. The number of anilines is 1. The minimum atomic E-state index is -0.877. The van der Waals surface area contributed by atoms with Gasteiger partial charge in [-0.25, -0.2) is 9.02 Å². The van der Waals surface area contributed by atoms with Crippen LogP contribution in [0.5, 0.6) is 0 Å². The quantitative estimate of drug-likeness (QED) is 0.291. The maximum Gasteiger partial charge on any atom is 0.276 e. The molecule has 3 fully saturated rings. The summed E-state index contributed by atoms with van der Waals surface area (Å²) in [5, 5.41) is 16.7. The fourth-order valence-electron chi connectivity index (χ4n) is 6.93. The standard InChI is InChI=1S/C35H52FN7O4/c1-6-28-32(41-47-40-28)34(45)39-31(25-11-7-21(2)8-12-25)33(44)38-29-14-13-26(19-27(29)36)23(4)30(37-16-15-24-9-10-24)35(46)43-18-17-42(5)22(3)20-43/h13-14,19,21-25,30-31,37H,6-12,15-18,20H2,1-5H3,(H,38,44)(H,39,45)/t21?,22-,23+,25?,30-,31+/m1/s1. The predicted octanol–water partition coefficient (Wildman–Crippen LogP) is 4.36. The maximum atomic E-state index is 15.7. The zero-order chi connectivity index (χ0) is 33.7. The van der Waals surface area contributed by atoms with Crippen LogP contribution in [0.4, 0.5) is 10.1 Å². The molecule has 2 aromatic rings. The largest absolute Gasteiger partial charge is 0.338 e. The van der Waals surface area contributed by atoms with Crippen LogP contribution in [-0.2, 0) is 16.0 Å². The van der Waals surface area contributed by atoms with Crippen molar-refractivity contribution in [3.05, 3.63) is 41.0 Å². The van der Waals surface area contributed by atoms with E-state index in [2.05, 4.69) is 52.1 Å². The molecule has 3 aliphatic rings. The Kier molecular flexibility index (Phi) is 11.7. The molecule has 0 unspecified atom stereocenters. The molecule has 3 N–H and O–H groups in total. The fraction of sp³-hybridized carbons (Fsp3) is 0.686. The lowest BCUT2D eigenvalue weighted by atomic mass is 9.79. The lowest BCUT2D eigenvalue weighted by Crippen LogP contribution is -2.57. The Labute approximate surface area is 277 Å². The molecule has 47 heavy (non-hydrogen) atoms. The van der Waals surface area contributed by atoms with Crippen LogP contribution in [0.1, 0.15) is 100 Å². The number of hydrogen-bond donors (Lipinski definition) is 3. The van der Waals surface area contributed by atoms with Crippen LogP contribution in [0.15, 0.2) is 22.8 Å². The van der Waals surface area contributed by atoms with Gasteiger partial charge in [0.1, 0.15) is 17.6 Å². The summed E-state index contributed by atoms with van der Waals surface area (Å²) in [5.41, 5.74) is 1.18. The average molecular weight is 654 g/mol. The number of halogens is 1. The van der Waals surface area contributed by atoms with Gasteiger partial charge in [0.2, 0.25) is 11.8 Å². The van der Waals surface area contributed by atoms with Gasteiger partial charge in [-0.15, -0.1) is 0 Å². The minimum absolute atomic E-state index is 0.0317. The average Bonchev–Trinajstić information content (AvgIpc) is 3.76. The molecule has 258 valence electrons. The van der Waals surface area contributed by atoms with Crippen molar-refractivity contribution >= 4 is 23.4 Å². The number of benzene rings is 1. The van der Waals surface area contributed by atoms with Crippen molar-refractivity contribution in [2.75, 3.05) is 38.5 Å². The highest BCUT2D eigenvalue weighted by Gasteiger charge is 2.36. The topological polar surface area (TPSA) is 133 Å². The van der Waals surface area contributed by atoms with Crippen LogP contribution in [0.2, 0.25) is 0 Å². The van der Waals surface area contributed by atoms with E-state index in [1.165, 1.54) is 18.9 Å². The molecule has 1 aromatic heterocycles. The van der Waals surface area contributed by atoms with Gasteiger partial charge >= 0.3 is 0 Å². The van der Waals surface area contributed by atoms with Gasteiger partial charge < -0.3 is 25.8 Å². The van der Waals surface area contributed by atoms with Crippen molar-refractivity contribution in [1.82, 2.24) is 30.7 Å². The lowest BCUT2D eigenvalue weighted by molar-refractivity contribution is -0.136. The number of rotatable bonds is 13. The summed E-state index contributed by atoms with van der Waals surface area (Å²) in [6, 6.07) is 3.65. The van der Waals surface area contributed by atoms with Gasteiger partial charge in [0, 0.05) is 31.6 Å². The third kappa shape index (κ3) is 8.76. The van der Waals surface area contributed by atoms with Gasteiger partial charge in [-0.2, -0.15) is 0 Å². The molecule has 4 atom stereocenters. The molecule has 0 radical (unpaired) electrons. The zero-order valence-electron chi connectivity index (χ0n) is 28.6. The molecular weight excluding hydrogens is 601 g/mol. The smallest absolute Gasteiger partial charge is 0.276 e. The molecule has 5 rings (SSSR count). The molecule has 11 nitrogen and oxygen atoms in total. The Morgan fingerprint density at radius 1 is 1.06 bits per heavy atom. The molecular formula is C35H52FN7O4. The van der Waals surface area contributed by atoms with Crippen LogP contribution in [0.25, 0.3) is 0 Å². The van der Waals surface area contributed by atoms with Crippen molar-refractivity contribution in [3.8, 4) is 0 Å². The highest BCUT2D eigenvalue weighted by Crippen LogP contribution is 2.33. The number of nitrogens with one attached hydrogen (secondary N) is 3. The molecule has 2 heterocycles. The van der Waals surface area contributed by atoms with E-state index in [-0.39, 0.29) is 35.2 Å². The molecule has 0 spiro atoms. The number of carbonyl (C=O) groups excluding carboxylic acids is 3. The summed E-state index contributed by atoms with van der Waals surface area (Å²) in [5.74, 6) is -0.690. The normalized spacial score (nSPS) is 24.0. The molecule has 1 saturated heterocycles. The van der Waals surface area contributed by atoms with E-state index >= 15 is 4.39 Å². The first kappa shape index (κ1) is 34.9. The summed E-state index contributed by atoms with van der Waals surface area (Å²) in [4.78, 5) is 44.9. The number of piperazine rings is 1. The Balaban J connectivity index is 1.30. The monoisotopic (exact) mass is 653 g/mol. The van der Waals surface area contributed by atoms with E-state index in [0.717, 1.165) is 51.1 Å². The molecule has 1 aliphatic heterocycles. The Morgan fingerprint density at radius 2 is 1.81 bits per heavy atom. The zero-order valence-corrected chi connectivity index (χ0v) is 28.6. The summed E-state index contributed by atoms with van der Waals surface area (Å²) >= 11 is 0. The number of likely N-dealkylation sites (N-methyl/N-ethyl adjacent to an activating group) is 1. The highest BCUT2D eigenvalue weighted by molar-refractivity contribution is 6.01. The van der Waals surface area contributed by atoms with Crippen LogP contribution >= 0.6 is 0 Å². The van der Waals surface area contributed by atoms with Crippen LogP contribution < -0.4 is 16.0 Å². The van der Waals surface area contributed by atoms with E-state index in [9.17, 15) is 14.4 Å². The van der Waals surface area contributed by atoms with Crippen molar-refractivity contribution in [1.29, 1.82) is 0 Å². The summed E-state index contributed by atoms with van der Waals surface area (Å²) in [7, 11) is 2.08. The van der Waals surface area contributed by atoms with Crippen LogP contribution in [0, 0.1) is 23.6 Å². The lowest BCUT2D eigenvalue weighted by Gasteiger charge is -2.40. The summed E-state index contributed by atoms with van der Waals surface area (Å²) in [6.07, 6.45) is 7.39. The molecule has 2 aliphatic carbocycles. The number of aryl methyl sites for hydroxylation is 1. The van der Waals surface area contributed by atoms with E-state index in [4.69, 9.17) is 4.63 Å². The van der Waals surface area contributed by atoms with Gasteiger partial charge in [0.25, 0.3) is 5.91 Å². The Hall–Kier alpha value is -3.38. The SMILES string of the molecule is CCc1nonc1C(=O)N[C@H](C(=O)Nc1ccc([C@H](C)[C@@H](NCCC2CC2)C(=O)N2CCN(C)[C@H](C)C2)cc1F)C1CCC(C)CC1. The third-order valence-corrected chi connectivity index (χ3v) is 10.6. The van der Waals surface area contributed by atoms with E-state index in [1.54, 1.807) is 12.1 Å². The Morgan fingerprint density at radius 3 is 2.47 bits per heavy atom. The van der Waals surface area contributed by atoms with Gasteiger partial charge in [0.05, 0.1) is 11.7 Å². The van der Waals surface area contributed by atoms with Crippen LogP contribution in [0.3, 0.4) is 0 Å². The third-order valence-electron chi connectivity index (χ3n) is 10.6. The van der Waals surface area contributed by atoms with Crippen LogP contribution in [-0.4, -0.2) is 89.2 Å². The summed E-state index contributed by atoms with van der Waals surface area (Å²) in [6.45, 7) is 11.0. The number of hydrogen-bond acceptors (Lipinski definition) is 8. The molecule has 1 aromatic carbocycles. The minimum Gasteiger partial charge on any atom is -0.338 e. The number of amides is 3. The highest BCUT2D eigenvalue weighted by atomic mass is 19.1. The van der Waals surface area contributed by atoms with Gasteiger partial charge in [0.15, 0.2) is 5.69 Å². The van der Waals surface area contributed by atoms with Crippen molar-refractivity contribution in [2.45, 2.75) is 103 Å². The second-order valence-corrected chi connectivity index (χ2v) is 14.2. The maximum absolute atomic E-state index is 15.7. The fourth-order valence-corrected chi connectivity index (χ4v) is 6.93. The van der Waals surface area contributed by atoms with Crippen molar-refractivity contribution < 1.29 is 23.4 Å². The Bertz CT molecular complexity index is 1390. The van der Waals surface area contributed by atoms with E-state index in [0.29, 0.717) is 36.7 Å². The molecule has 0 bridgehead atoms. The van der Waals surface area contributed by atoms with Gasteiger partial charge in [-0.1, -0.05) is 57.7 Å². The first-order valence-corrected chi connectivity index (χ1v) is 17.5.